The Bertz CT molecular complexity index is 796. The number of methoxy groups -OCH3 is 1. The van der Waals surface area contributed by atoms with Crippen molar-refractivity contribution in [2.75, 3.05) is 7.11 Å². The average Bonchev–Trinajstić information content (AvgIpc) is 2.92. The van der Waals surface area contributed by atoms with Crippen LogP contribution in [0.5, 0.6) is 11.5 Å². The molecule has 0 fully saturated rings. The molecule has 5 heteroatoms. The maximum atomic E-state index is 11.6. The zero-order chi connectivity index (χ0) is 14.8. The molecule has 0 radical (unpaired) electrons. The quantitative estimate of drug-likeness (QED) is 0.710. The van der Waals surface area contributed by atoms with E-state index in [-0.39, 0.29) is 0 Å². The largest absolute Gasteiger partial charge is 0.464 e. The molecule has 0 aliphatic heterocycles. The van der Waals surface area contributed by atoms with Gasteiger partial charge in [0.2, 0.25) is 0 Å². The number of rotatable bonds is 3. The second kappa shape index (κ2) is 5.61. The summed E-state index contributed by atoms with van der Waals surface area (Å²) in [6.45, 7) is 0. The van der Waals surface area contributed by atoms with Gasteiger partial charge in [-0.25, -0.2) is 4.79 Å². The van der Waals surface area contributed by atoms with Crippen LogP contribution in [0.2, 0.25) is 0 Å². The van der Waals surface area contributed by atoms with Crippen LogP contribution in [0.15, 0.2) is 53.0 Å². The summed E-state index contributed by atoms with van der Waals surface area (Å²) in [5.41, 5.74) is 1.21. The highest BCUT2D eigenvalue weighted by molar-refractivity contribution is 9.10. The van der Waals surface area contributed by atoms with Crippen LogP contribution in [0.4, 0.5) is 0 Å². The molecular weight excluding hydrogens is 334 g/mol. The predicted octanol–water partition coefficient (Wildman–Crippen LogP) is 4.51. The van der Waals surface area contributed by atoms with E-state index in [4.69, 9.17) is 9.47 Å². The first kappa shape index (κ1) is 13.7. The molecule has 21 heavy (non-hydrogen) atoms. The van der Waals surface area contributed by atoms with Crippen molar-refractivity contribution < 1.29 is 14.3 Å². The van der Waals surface area contributed by atoms with E-state index in [1.807, 2.05) is 42.5 Å². The predicted molar refractivity (Wildman–Crippen MR) is 83.9 cm³/mol. The van der Waals surface area contributed by atoms with Gasteiger partial charge in [0.25, 0.3) is 0 Å². The smallest absolute Gasteiger partial charge is 0.354 e. The summed E-state index contributed by atoms with van der Waals surface area (Å²) in [7, 11) is 1.35. The fourth-order valence-electron chi connectivity index (χ4n) is 2.07. The Hall–Kier alpha value is -2.27. The van der Waals surface area contributed by atoms with Gasteiger partial charge in [-0.1, -0.05) is 18.2 Å². The fraction of sp³-hybridized carbons (Fsp3) is 0.0625. The minimum absolute atomic E-state index is 0.399. The first-order valence-electron chi connectivity index (χ1n) is 6.31. The molecule has 1 heterocycles. The van der Waals surface area contributed by atoms with E-state index in [0.29, 0.717) is 11.4 Å². The summed E-state index contributed by atoms with van der Waals surface area (Å²) in [6.07, 6.45) is 0. The summed E-state index contributed by atoms with van der Waals surface area (Å²) in [6, 6.07) is 15.0. The number of esters is 1. The van der Waals surface area contributed by atoms with Gasteiger partial charge in [0.05, 0.1) is 12.6 Å². The Morgan fingerprint density at radius 3 is 2.57 bits per heavy atom. The Morgan fingerprint density at radius 1 is 1.10 bits per heavy atom. The zero-order valence-electron chi connectivity index (χ0n) is 11.2. The summed E-state index contributed by atoms with van der Waals surface area (Å²) in [5, 5.41) is 0.899. The number of nitrogens with one attached hydrogen (secondary N) is 1. The van der Waals surface area contributed by atoms with Gasteiger partial charge in [-0.2, -0.15) is 0 Å². The van der Waals surface area contributed by atoms with E-state index in [1.54, 1.807) is 6.07 Å². The van der Waals surface area contributed by atoms with Gasteiger partial charge in [-0.3, -0.25) is 0 Å². The molecule has 1 N–H and O–H groups in total. The van der Waals surface area contributed by atoms with Crippen LogP contribution in [0.25, 0.3) is 10.9 Å². The molecule has 3 rings (SSSR count). The number of hydrogen-bond acceptors (Lipinski definition) is 3. The minimum Gasteiger partial charge on any atom is -0.464 e. The number of ether oxygens (including phenoxy) is 2. The molecule has 4 nitrogen and oxygen atoms in total. The molecule has 1 aromatic heterocycles. The van der Waals surface area contributed by atoms with Gasteiger partial charge < -0.3 is 14.5 Å². The summed E-state index contributed by atoms with van der Waals surface area (Å²) >= 11 is 3.49. The van der Waals surface area contributed by atoms with Crippen LogP contribution in [0.3, 0.4) is 0 Å². The van der Waals surface area contributed by atoms with Crippen molar-refractivity contribution in [2.24, 2.45) is 0 Å². The van der Waals surface area contributed by atoms with Crippen molar-refractivity contribution >= 4 is 32.8 Å². The number of fused-ring (bicyclic) bond motifs is 1. The number of hydrogen-bond donors (Lipinski definition) is 1. The maximum Gasteiger partial charge on any atom is 0.354 e. The Balaban J connectivity index is 2.00. The van der Waals surface area contributed by atoms with E-state index < -0.39 is 5.97 Å². The molecule has 0 unspecified atom stereocenters. The Kier molecular flexibility index (Phi) is 3.66. The van der Waals surface area contributed by atoms with Crippen molar-refractivity contribution in [3.63, 3.8) is 0 Å². The minimum atomic E-state index is -0.399. The van der Waals surface area contributed by atoms with Crippen LogP contribution in [-0.2, 0) is 4.74 Å². The molecule has 3 aromatic rings. The van der Waals surface area contributed by atoms with E-state index in [9.17, 15) is 4.79 Å². The van der Waals surface area contributed by atoms with E-state index in [0.717, 1.165) is 21.1 Å². The van der Waals surface area contributed by atoms with Gasteiger partial charge >= 0.3 is 5.97 Å². The molecule has 0 spiro atoms. The molecule has 0 saturated heterocycles. The fourth-order valence-corrected chi connectivity index (χ4v) is 2.63. The lowest BCUT2D eigenvalue weighted by molar-refractivity contribution is 0.0595. The third-order valence-corrected chi connectivity index (χ3v) is 3.70. The Labute approximate surface area is 129 Å². The van der Waals surface area contributed by atoms with Gasteiger partial charge in [-0.15, -0.1) is 0 Å². The first-order chi connectivity index (χ1) is 10.2. The maximum absolute atomic E-state index is 11.6. The van der Waals surface area contributed by atoms with Crippen LogP contribution >= 0.6 is 15.9 Å². The summed E-state index contributed by atoms with van der Waals surface area (Å²) < 4.78 is 11.4. The summed E-state index contributed by atoms with van der Waals surface area (Å²) in [5.74, 6) is 1.03. The zero-order valence-corrected chi connectivity index (χ0v) is 12.8. The van der Waals surface area contributed by atoms with Gasteiger partial charge in [0, 0.05) is 15.9 Å². The number of H-pyrrole nitrogens is 1. The molecule has 0 atom stereocenters. The van der Waals surface area contributed by atoms with E-state index in [1.165, 1.54) is 7.11 Å². The SMILES string of the molecule is COC(=O)c1cc2c(Br)cc(Oc3ccccc3)cc2[nH]1. The second-order valence-corrected chi connectivity index (χ2v) is 5.31. The van der Waals surface area contributed by atoms with Crippen molar-refractivity contribution in [1.82, 2.24) is 4.98 Å². The number of aromatic nitrogens is 1. The molecular formula is C16H12BrNO3. The molecule has 0 saturated carbocycles. The second-order valence-electron chi connectivity index (χ2n) is 4.46. The highest BCUT2D eigenvalue weighted by Gasteiger charge is 2.12. The number of halogens is 1. The molecule has 0 aliphatic rings. The number of benzene rings is 2. The topological polar surface area (TPSA) is 51.3 Å². The molecule has 106 valence electrons. The first-order valence-corrected chi connectivity index (χ1v) is 7.10. The average molecular weight is 346 g/mol. The van der Waals surface area contributed by atoms with E-state index in [2.05, 4.69) is 20.9 Å². The van der Waals surface area contributed by atoms with Gasteiger partial charge in [0.15, 0.2) is 0 Å². The lowest BCUT2D eigenvalue weighted by Crippen LogP contribution is -2.00. The molecule has 2 aromatic carbocycles. The number of carbonyl (C=O) groups is 1. The molecule has 0 amide bonds. The Morgan fingerprint density at radius 2 is 1.86 bits per heavy atom. The molecule has 0 aliphatic carbocycles. The standard InChI is InChI=1S/C16H12BrNO3/c1-20-16(19)15-9-12-13(17)7-11(8-14(12)18-15)21-10-5-3-2-4-6-10/h2-9,18H,1H3. The monoisotopic (exact) mass is 345 g/mol. The highest BCUT2D eigenvalue weighted by atomic mass is 79.9. The number of aromatic amines is 1. The number of para-hydroxylation sites is 1. The van der Waals surface area contributed by atoms with Crippen molar-refractivity contribution in [1.29, 1.82) is 0 Å². The third-order valence-electron chi connectivity index (χ3n) is 3.05. The van der Waals surface area contributed by atoms with Crippen molar-refractivity contribution in [2.45, 2.75) is 0 Å². The van der Waals surface area contributed by atoms with Gasteiger partial charge in [-0.05, 0) is 40.2 Å². The highest BCUT2D eigenvalue weighted by Crippen LogP contribution is 2.32. The van der Waals surface area contributed by atoms with Crippen LogP contribution in [0, 0.1) is 0 Å². The lowest BCUT2D eigenvalue weighted by Gasteiger charge is -2.06. The van der Waals surface area contributed by atoms with Crippen LogP contribution in [0.1, 0.15) is 10.5 Å². The lowest BCUT2D eigenvalue weighted by atomic mass is 10.2. The van der Waals surface area contributed by atoms with Crippen LogP contribution in [-0.4, -0.2) is 18.1 Å². The van der Waals surface area contributed by atoms with E-state index >= 15 is 0 Å². The summed E-state index contributed by atoms with van der Waals surface area (Å²) in [4.78, 5) is 14.6. The van der Waals surface area contributed by atoms with Crippen molar-refractivity contribution in [3.05, 3.63) is 58.7 Å². The normalized spacial score (nSPS) is 10.6. The van der Waals surface area contributed by atoms with Gasteiger partial charge in [0.1, 0.15) is 17.2 Å². The van der Waals surface area contributed by atoms with Crippen LogP contribution < -0.4 is 4.74 Å². The van der Waals surface area contributed by atoms with Crippen molar-refractivity contribution in [3.8, 4) is 11.5 Å². The molecule has 0 bridgehead atoms. The number of carbonyl (C=O) groups excluding carboxylic acids is 1. The third kappa shape index (κ3) is 2.78.